The summed E-state index contributed by atoms with van der Waals surface area (Å²) in [7, 11) is -1.17. The molecule has 14 heavy (non-hydrogen) atoms. The van der Waals surface area contributed by atoms with E-state index in [9.17, 15) is 5.11 Å². The van der Waals surface area contributed by atoms with Crippen LogP contribution in [-0.2, 0) is 0 Å². The Kier molecular flexibility index (Phi) is 3.48. The van der Waals surface area contributed by atoms with E-state index in [0.29, 0.717) is 11.0 Å². The normalized spacial score (nSPS) is 29.6. The average Bonchev–Trinajstić information content (AvgIpc) is 2.33. The van der Waals surface area contributed by atoms with E-state index in [4.69, 9.17) is 0 Å². The van der Waals surface area contributed by atoms with E-state index in [1.807, 2.05) is 0 Å². The van der Waals surface area contributed by atoms with Crippen LogP contribution in [0.5, 0.6) is 0 Å². The molecule has 0 aromatic rings. The molecule has 0 amide bonds. The topological polar surface area (TPSA) is 20.2 Å². The molecule has 84 valence electrons. The SMILES string of the molecule is CC(C)(C)[Si](C)(C)C[C@@H]1CCC[C@@H]1O. The van der Waals surface area contributed by atoms with Crippen LogP contribution < -0.4 is 0 Å². The molecule has 1 aliphatic rings. The van der Waals surface area contributed by atoms with E-state index < -0.39 is 8.07 Å². The second-order valence-corrected chi connectivity index (χ2v) is 12.3. The zero-order valence-electron chi connectivity index (χ0n) is 10.4. The number of hydrogen-bond acceptors (Lipinski definition) is 1. The van der Waals surface area contributed by atoms with Crippen LogP contribution in [0.2, 0.25) is 24.2 Å². The van der Waals surface area contributed by atoms with Crippen molar-refractivity contribution in [3.63, 3.8) is 0 Å². The molecule has 2 atom stereocenters. The van der Waals surface area contributed by atoms with Crippen molar-refractivity contribution >= 4 is 8.07 Å². The van der Waals surface area contributed by atoms with Crippen molar-refractivity contribution in [3.8, 4) is 0 Å². The largest absolute Gasteiger partial charge is 0.393 e. The summed E-state index contributed by atoms with van der Waals surface area (Å²) in [6, 6.07) is 1.30. The van der Waals surface area contributed by atoms with E-state index in [0.717, 1.165) is 6.42 Å². The Balaban J connectivity index is 2.58. The summed E-state index contributed by atoms with van der Waals surface area (Å²) in [5.41, 5.74) is 0. The van der Waals surface area contributed by atoms with Crippen molar-refractivity contribution in [2.45, 2.75) is 70.3 Å². The molecule has 0 radical (unpaired) electrons. The van der Waals surface area contributed by atoms with Crippen LogP contribution >= 0.6 is 0 Å². The molecule has 1 fully saturated rings. The summed E-state index contributed by atoms with van der Waals surface area (Å²) < 4.78 is 0. The van der Waals surface area contributed by atoms with Crippen molar-refractivity contribution in [2.75, 3.05) is 0 Å². The molecule has 0 bridgehead atoms. The molecule has 0 aliphatic heterocycles. The molecule has 2 heteroatoms. The molecule has 0 saturated heterocycles. The first kappa shape index (κ1) is 12.2. The van der Waals surface area contributed by atoms with Crippen molar-refractivity contribution in [1.82, 2.24) is 0 Å². The third kappa shape index (κ3) is 2.60. The predicted molar refractivity (Wildman–Crippen MR) is 65.4 cm³/mol. The molecule has 1 N–H and O–H groups in total. The molecular formula is C12H26OSi. The van der Waals surface area contributed by atoms with Gasteiger partial charge in [0.15, 0.2) is 0 Å². The van der Waals surface area contributed by atoms with Gasteiger partial charge in [0.05, 0.1) is 14.2 Å². The second kappa shape index (κ2) is 3.97. The fraction of sp³-hybridized carbons (Fsp3) is 1.00. The molecule has 0 spiro atoms. The summed E-state index contributed by atoms with van der Waals surface area (Å²) in [5, 5.41) is 10.3. The van der Waals surface area contributed by atoms with Crippen LogP contribution in [0.1, 0.15) is 40.0 Å². The first-order chi connectivity index (χ1) is 6.24. The summed E-state index contributed by atoms with van der Waals surface area (Å²) in [6.45, 7) is 12.0. The molecule has 0 aromatic carbocycles. The van der Waals surface area contributed by atoms with Crippen molar-refractivity contribution in [1.29, 1.82) is 0 Å². The first-order valence-corrected chi connectivity index (χ1v) is 9.13. The predicted octanol–water partition coefficient (Wildman–Crippen LogP) is 3.66. The summed E-state index contributed by atoms with van der Waals surface area (Å²) in [5.74, 6) is 0.607. The van der Waals surface area contributed by atoms with Gasteiger partial charge in [0.1, 0.15) is 0 Å². The first-order valence-electron chi connectivity index (χ1n) is 5.92. The fourth-order valence-corrected chi connectivity index (χ4v) is 4.62. The smallest absolute Gasteiger partial charge is 0.0565 e. The van der Waals surface area contributed by atoms with Gasteiger partial charge in [-0.25, -0.2) is 0 Å². The molecule has 0 aromatic heterocycles. The lowest BCUT2D eigenvalue weighted by Gasteiger charge is -2.39. The maximum Gasteiger partial charge on any atom is 0.0565 e. The van der Waals surface area contributed by atoms with Gasteiger partial charge in [-0.15, -0.1) is 0 Å². The molecule has 1 aliphatic carbocycles. The van der Waals surface area contributed by atoms with E-state index in [2.05, 4.69) is 33.9 Å². The minimum absolute atomic E-state index is 0.00382. The summed E-state index contributed by atoms with van der Waals surface area (Å²) in [4.78, 5) is 0. The maximum absolute atomic E-state index is 9.84. The quantitative estimate of drug-likeness (QED) is 0.696. The van der Waals surface area contributed by atoms with Gasteiger partial charge in [-0.1, -0.05) is 46.3 Å². The molecular weight excluding hydrogens is 188 g/mol. The molecule has 1 saturated carbocycles. The minimum atomic E-state index is -1.17. The number of aliphatic hydroxyl groups is 1. The number of rotatable bonds is 2. The highest BCUT2D eigenvalue weighted by atomic mass is 28.3. The van der Waals surface area contributed by atoms with E-state index in [-0.39, 0.29) is 6.10 Å². The maximum atomic E-state index is 9.84. The Hall–Kier alpha value is 0.177. The Morgan fingerprint density at radius 1 is 1.21 bits per heavy atom. The van der Waals surface area contributed by atoms with Gasteiger partial charge in [-0.3, -0.25) is 0 Å². The van der Waals surface area contributed by atoms with Crippen LogP contribution in [0.25, 0.3) is 0 Å². The van der Waals surface area contributed by atoms with Gasteiger partial charge in [0, 0.05) is 0 Å². The third-order valence-corrected chi connectivity index (χ3v) is 10.0. The lowest BCUT2D eigenvalue weighted by atomic mass is 10.1. The Morgan fingerprint density at radius 2 is 1.79 bits per heavy atom. The minimum Gasteiger partial charge on any atom is -0.393 e. The van der Waals surface area contributed by atoms with Gasteiger partial charge in [0.25, 0.3) is 0 Å². The van der Waals surface area contributed by atoms with E-state index in [1.54, 1.807) is 0 Å². The standard InChI is InChI=1S/C12H26OSi/c1-12(2,3)14(4,5)9-10-7-6-8-11(10)13/h10-11,13H,6-9H2,1-5H3/t10-,11-/m0/s1. The van der Waals surface area contributed by atoms with Crippen LogP contribution in [-0.4, -0.2) is 19.3 Å². The van der Waals surface area contributed by atoms with Gasteiger partial charge < -0.3 is 5.11 Å². The monoisotopic (exact) mass is 214 g/mol. The van der Waals surface area contributed by atoms with Gasteiger partial charge >= 0.3 is 0 Å². The van der Waals surface area contributed by atoms with Crippen molar-refractivity contribution in [3.05, 3.63) is 0 Å². The molecule has 1 rings (SSSR count). The van der Waals surface area contributed by atoms with Crippen LogP contribution in [0.3, 0.4) is 0 Å². The van der Waals surface area contributed by atoms with Crippen molar-refractivity contribution < 1.29 is 5.11 Å². The highest BCUT2D eigenvalue weighted by molar-refractivity contribution is 6.80. The van der Waals surface area contributed by atoms with Gasteiger partial charge in [-0.2, -0.15) is 0 Å². The zero-order chi connectivity index (χ0) is 11.0. The zero-order valence-corrected chi connectivity index (χ0v) is 11.4. The van der Waals surface area contributed by atoms with Gasteiger partial charge in [0.2, 0.25) is 0 Å². The average molecular weight is 214 g/mol. The Bertz CT molecular complexity index is 193. The highest BCUT2D eigenvalue weighted by Crippen LogP contribution is 2.43. The van der Waals surface area contributed by atoms with E-state index >= 15 is 0 Å². The summed E-state index contributed by atoms with van der Waals surface area (Å²) in [6.07, 6.45) is 3.54. The van der Waals surface area contributed by atoms with Crippen LogP contribution in [0, 0.1) is 5.92 Å². The van der Waals surface area contributed by atoms with Crippen LogP contribution in [0.15, 0.2) is 0 Å². The second-order valence-electron chi connectivity index (χ2n) is 6.60. The summed E-state index contributed by atoms with van der Waals surface area (Å²) >= 11 is 0. The lowest BCUT2D eigenvalue weighted by Crippen LogP contribution is -2.40. The highest BCUT2D eigenvalue weighted by Gasteiger charge is 2.39. The van der Waals surface area contributed by atoms with E-state index in [1.165, 1.54) is 18.9 Å². The lowest BCUT2D eigenvalue weighted by molar-refractivity contribution is 0.140. The van der Waals surface area contributed by atoms with Crippen molar-refractivity contribution in [2.24, 2.45) is 5.92 Å². The number of hydrogen-bond donors (Lipinski definition) is 1. The fourth-order valence-electron chi connectivity index (χ4n) is 2.22. The third-order valence-electron chi connectivity index (χ3n) is 4.42. The molecule has 0 heterocycles. The molecule has 0 unspecified atom stereocenters. The Morgan fingerprint density at radius 3 is 2.14 bits per heavy atom. The van der Waals surface area contributed by atoms with Crippen LogP contribution in [0.4, 0.5) is 0 Å². The Labute approximate surface area is 89.9 Å². The number of aliphatic hydroxyl groups excluding tert-OH is 1. The van der Waals surface area contributed by atoms with Gasteiger partial charge in [-0.05, 0) is 23.8 Å². The molecule has 1 nitrogen and oxygen atoms in total.